The third kappa shape index (κ3) is 3.33. The highest BCUT2D eigenvalue weighted by Gasteiger charge is 2.59. The Morgan fingerprint density at radius 2 is 1.52 bits per heavy atom. The van der Waals surface area contributed by atoms with Crippen LogP contribution < -0.4 is 10.3 Å². The monoisotopic (exact) mass is 569 g/mol. The molecule has 4 aromatic rings. The Kier molecular flexibility index (Phi) is 5.68. The zero-order chi connectivity index (χ0) is 30.2. The highest BCUT2D eigenvalue weighted by Crippen LogP contribution is 2.56. The first-order valence-corrected chi connectivity index (χ1v) is 12.8. The van der Waals surface area contributed by atoms with Gasteiger partial charge in [-0.2, -0.15) is 0 Å². The van der Waals surface area contributed by atoms with E-state index in [9.17, 15) is 44.7 Å². The van der Waals surface area contributed by atoms with Gasteiger partial charge in [-0.25, -0.2) is 0 Å². The minimum Gasteiger partial charge on any atom is -0.507 e. The highest BCUT2D eigenvalue weighted by atomic mass is 16.5. The van der Waals surface area contributed by atoms with E-state index in [1.54, 1.807) is 36.4 Å². The molecule has 1 aromatic heterocycles. The molecule has 2 aliphatic rings. The lowest BCUT2D eigenvalue weighted by Gasteiger charge is -2.31. The first-order chi connectivity index (χ1) is 20.0. The molecule has 0 fully saturated rings. The molecule has 42 heavy (non-hydrogen) atoms. The Morgan fingerprint density at radius 1 is 0.810 bits per heavy atom. The third-order valence-electron chi connectivity index (χ3n) is 8.07. The summed E-state index contributed by atoms with van der Waals surface area (Å²) >= 11 is 0. The number of aromatic nitrogens is 1. The first-order valence-electron chi connectivity index (χ1n) is 12.8. The number of allylic oxidation sites excluding steroid dienone is 3. The summed E-state index contributed by atoms with van der Waals surface area (Å²) in [6, 6.07) is 4.12. The molecular formula is C31H23NO10. The molecule has 6 N–H and O–H groups in total. The quantitative estimate of drug-likeness (QED) is 0.0919. The molecular weight excluding hydrogens is 546 g/mol. The number of benzene rings is 3. The van der Waals surface area contributed by atoms with E-state index in [4.69, 9.17) is 4.74 Å². The predicted octanol–water partition coefficient (Wildman–Crippen LogP) is 3.54. The van der Waals surface area contributed by atoms with Crippen LogP contribution in [0.15, 0.2) is 41.2 Å². The number of rotatable bonds is 3. The normalized spacial score (nSPS) is 18.2. The van der Waals surface area contributed by atoms with E-state index in [1.165, 1.54) is 7.11 Å². The molecule has 11 heteroatoms. The number of phenols is 5. The van der Waals surface area contributed by atoms with Crippen molar-refractivity contribution >= 4 is 45.0 Å². The van der Waals surface area contributed by atoms with E-state index < -0.39 is 85.4 Å². The van der Waals surface area contributed by atoms with Crippen LogP contribution in [0.3, 0.4) is 0 Å². The number of carbonyl (C=O) groups excluding carboxylic acids is 3. The summed E-state index contributed by atoms with van der Waals surface area (Å²) in [7, 11) is 1.18. The number of carbonyl (C=O) groups is 3. The molecule has 0 bridgehead atoms. The van der Waals surface area contributed by atoms with E-state index in [1.807, 2.05) is 6.92 Å². The van der Waals surface area contributed by atoms with Gasteiger partial charge in [-0.15, -0.1) is 0 Å². The van der Waals surface area contributed by atoms with Gasteiger partial charge in [-0.1, -0.05) is 24.3 Å². The predicted molar refractivity (Wildman–Crippen MR) is 151 cm³/mol. The Morgan fingerprint density at radius 3 is 2.21 bits per heavy atom. The summed E-state index contributed by atoms with van der Waals surface area (Å²) in [4.78, 5) is 56.8. The van der Waals surface area contributed by atoms with Crippen molar-refractivity contribution < 1.29 is 44.7 Å². The van der Waals surface area contributed by atoms with E-state index in [-0.39, 0.29) is 23.1 Å². The number of ketones is 3. The van der Waals surface area contributed by atoms with Crippen molar-refractivity contribution in [2.45, 2.75) is 19.8 Å². The summed E-state index contributed by atoms with van der Waals surface area (Å²) in [6.45, 7) is 1.83. The Bertz CT molecular complexity index is 2070. The van der Waals surface area contributed by atoms with Gasteiger partial charge in [0, 0.05) is 11.8 Å². The van der Waals surface area contributed by atoms with Crippen LogP contribution >= 0.6 is 0 Å². The zero-order valence-corrected chi connectivity index (χ0v) is 22.2. The standard InChI is InChI=1S/C31H23NO10/c1-3-4-5-6-14-8-12-7-13-10-31(11-15(13)23(34)18(12)30(41)32-14)28(39)22-21(27(38)29(31)40)25(36)19-16(33)9-17(42-2)24(35)20(19)26(22)37/h3-9,33-37H,10-11H2,1-2H3,(H,32,41)/b4-3+,6-5+/t31-/m1/s1. The van der Waals surface area contributed by atoms with Crippen molar-refractivity contribution in [1.82, 2.24) is 4.98 Å². The van der Waals surface area contributed by atoms with Crippen LogP contribution in [0.5, 0.6) is 34.5 Å². The van der Waals surface area contributed by atoms with Crippen molar-refractivity contribution in [3.8, 4) is 34.5 Å². The maximum absolute atomic E-state index is 14.1. The minimum absolute atomic E-state index is 0.0598. The van der Waals surface area contributed by atoms with Crippen LogP contribution in [0.4, 0.5) is 0 Å². The number of Topliss-reactive ketones (excluding diaryl/α,β-unsaturated/α-hetero) is 3. The molecule has 0 saturated heterocycles. The number of pyridine rings is 1. The van der Waals surface area contributed by atoms with Crippen LogP contribution in [-0.2, 0) is 17.6 Å². The van der Waals surface area contributed by atoms with E-state index >= 15 is 0 Å². The van der Waals surface area contributed by atoms with Crippen LogP contribution in [0.2, 0.25) is 0 Å². The first kappa shape index (κ1) is 26.6. The number of aromatic hydroxyl groups is 5. The summed E-state index contributed by atoms with van der Waals surface area (Å²) in [5.41, 5.74) is -3.31. The van der Waals surface area contributed by atoms with Gasteiger partial charge in [0.2, 0.25) is 11.6 Å². The molecule has 0 amide bonds. The lowest BCUT2D eigenvalue weighted by Crippen LogP contribution is -2.48. The molecule has 1 spiro atoms. The van der Waals surface area contributed by atoms with Gasteiger partial charge in [-0.05, 0) is 48.4 Å². The molecule has 6 rings (SSSR count). The number of phenolic OH excluding ortho intramolecular Hbond substituents is 5. The van der Waals surface area contributed by atoms with Gasteiger partial charge >= 0.3 is 0 Å². The number of nitrogens with one attached hydrogen (secondary N) is 1. The molecule has 0 radical (unpaired) electrons. The fourth-order valence-electron chi connectivity index (χ4n) is 6.12. The van der Waals surface area contributed by atoms with E-state index in [2.05, 4.69) is 4.98 Å². The second-order valence-corrected chi connectivity index (χ2v) is 10.3. The Labute approximate surface area is 236 Å². The van der Waals surface area contributed by atoms with Crippen molar-refractivity contribution in [3.05, 3.63) is 74.7 Å². The number of fused-ring (bicyclic) bond motifs is 4. The molecule has 1 heterocycles. The number of methoxy groups -OCH3 is 1. The van der Waals surface area contributed by atoms with Crippen molar-refractivity contribution in [3.63, 3.8) is 0 Å². The second kappa shape index (κ2) is 8.96. The van der Waals surface area contributed by atoms with Gasteiger partial charge in [0.15, 0.2) is 17.3 Å². The van der Waals surface area contributed by atoms with Crippen molar-refractivity contribution in [1.29, 1.82) is 0 Å². The number of ether oxygens (including phenoxy) is 1. The zero-order valence-electron chi connectivity index (χ0n) is 22.2. The summed E-state index contributed by atoms with van der Waals surface area (Å²) in [5, 5.41) is 53.7. The van der Waals surface area contributed by atoms with Crippen LogP contribution in [0.25, 0.3) is 27.6 Å². The van der Waals surface area contributed by atoms with Gasteiger partial charge < -0.3 is 35.3 Å². The minimum atomic E-state index is -2.10. The largest absolute Gasteiger partial charge is 0.507 e. The average molecular weight is 570 g/mol. The van der Waals surface area contributed by atoms with Crippen molar-refractivity contribution in [2.24, 2.45) is 5.41 Å². The van der Waals surface area contributed by atoms with Gasteiger partial charge in [0.25, 0.3) is 5.56 Å². The number of hydrogen-bond donors (Lipinski definition) is 6. The number of H-pyrrole nitrogens is 1. The Hall–Kier alpha value is -5.58. The third-order valence-corrected chi connectivity index (χ3v) is 8.07. The maximum atomic E-state index is 14.1. The molecule has 212 valence electrons. The maximum Gasteiger partial charge on any atom is 0.260 e. The van der Waals surface area contributed by atoms with Gasteiger partial charge in [-0.3, -0.25) is 19.2 Å². The lowest BCUT2D eigenvalue weighted by molar-refractivity contribution is -0.121. The van der Waals surface area contributed by atoms with Crippen LogP contribution in [0.1, 0.15) is 44.5 Å². The molecule has 1 atom stereocenters. The smallest absolute Gasteiger partial charge is 0.260 e. The fourth-order valence-corrected chi connectivity index (χ4v) is 6.12. The summed E-state index contributed by atoms with van der Waals surface area (Å²) in [5.74, 6) is -7.54. The molecule has 11 nitrogen and oxygen atoms in total. The van der Waals surface area contributed by atoms with Gasteiger partial charge in [0.05, 0.1) is 34.4 Å². The lowest BCUT2D eigenvalue weighted by atomic mass is 9.66. The SMILES string of the molecule is C/C=C/C=C/c1cc2cc3c(c(O)c2c(=O)[nH]1)C[C@@]1(C3)C(=O)C(=O)c2c(c(O)c3c(O)c(OC)cc(O)c3c2O)C1=O. The molecule has 0 saturated carbocycles. The van der Waals surface area contributed by atoms with Crippen molar-refractivity contribution in [2.75, 3.05) is 7.11 Å². The van der Waals surface area contributed by atoms with Gasteiger partial charge in [0.1, 0.15) is 28.4 Å². The summed E-state index contributed by atoms with van der Waals surface area (Å²) < 4.78 is 5.00. The highest BCUT2D eigenvalue weighted by molar-refractivity contribution is 6.55. The topological polar surface area (TPSA) is 194 Å². The molecule has 2 aliphatic carbocycles. The second-order valence-electron chi connectivity index (χ2n) is 10.3. The summed E-state index contributed by atoms with van der Waals surface area (Å²) in [6.07, 6.45) is 6.13. The molecule has 0 unspecified atom stereocenters. The number of aromatic amines is 1. The fraction of sp³-hybridized carbons (Fsp3) is 0.161. The average Bonchev–Trinajstić information content (AvgIpc) is 3.34. The molecule has 0 aliphatic heterocycles. The van der Waals surface area contributed by atoms with Crippen LogP contribution in [0, 0.1) is 5.41 Å². The Balaban J connectivity index is 1.57. The van der Waals surface area contributed by atoms with E-state index in [0.29, 0.717) is 16.6 Å². The van der Waals surface area contributed by atoms with E-state index in [0.717, 1.165) is 6.07 Å². The van der Waals surface area contributed by atoms with Crippen LogP contribution in [-0.4, -0.2) is 55.0 Å². The number of hydrogen-bond acceptors (Lipinski definition) is 10. The molecule has 3 aromatic carbocycles.